The Kier molecular flexibility index (Phi) is 8.39. The van der Waals surface area contributed by atoms with Gasteiger partial charge in [0.1, 0.15) is 5.75 Å². The molecule has 2 aliphatic carbocycles. The number of phenols is 1. The predicted molar refractivity (Wildman–Crippen MR) is 182 cm³/mol. The minimum Gasteiger partial charge on any atom is -0.507 e. The number of anilines is 2. The molecular weight excluding hydrogens is 749 g/mol. The number of nitro benzene ring substituents is 2. The number of halogens is 3. The topological polar surface area (TPSA) is 185 Å². The highest BCUT2D eigenvalue weighted by atomic mass is 79.9. The molecule has 6 rings (SSSR count). The zero-order valence-corrected chi connectivity index (χ0v) is 29.1. The number of alkyl halides is 3. The molecule has 4 aliphatic rings. The van der Waals surface area contributed by atoms with Gasteiger partial charge in [-0.25, -0.2) is 4.90 Å². The van der Waals surface area contributed by atoms with Gasteiger partial charge in [0.15, 0.2) is 15.4 Å². The number of hydrogen-bond donors (Lipinski definition) is 1. The number of aromatic hydroxyl groups is 1. The summed E-state index contributed by atoms with van der Waals surface area (Å²) in [5, 5.41) is 35.6. The third-order valence-corrected chi connectivity index (χ3v) is 11.9. The first kappa shape index (κ1) is 34.5. The number of rotatable bonds is 8. The molecule has 4 amide bonds. The summed E-state index contributed by atoms with van der Waals surface area (Å²) in [6, 6.07) is 6.74. The van der Waals surface area contributed by atoms with E-state index in [1.165, 1.54) is 19.0 Å². The molecule has 6 atom stereocenters. The first-order valence-corrected chi connectivity index (χ1v) is 16.9. The van der Waals surface area contributed by atoms with Crippen molar-refractivity contribution in [3.63, 3.8) is 0 Å². The van der Waals surface area contributed by atoms with E-state index in [2.05, 4.69) is 22.5 Å². The fourth-order valence-corrected chi connectivity index (χ4v) is 9.39. The number of hydrogen-bond acceptors (Lipinski definition) is 10. The minimum atomic E-state index is -2.15. The molecule has 0 aromatic heterocycles. The van der Waals surface area contributed by atoms with Crippen LogP contribution in [0.3, 0.4) is 0 Å². The summed E-state index contributed by atoms with van der Waals surface area (Å²) in [4.78, 5) is 77.2. The molecule has 17 heteroatoms. The summed E-state index contributed by atoms with van der Waals surface area (Å²) < 4.78 is 0. The number of amides is 4. The lowest BCUT2D eigenvalue weighted by molar-refractivity contribution is -0.392. The smallest absolute Gasteiger partial charge is 0.301 e. The number of carbonyl (C=O) groups is 4. The number of allylic oxidation sites excluding steroid dienone is 3. The van der Waals surface area contributed by atoms with E-state index in [1.807, 2.05) is 0 Å². The summed E-state index contributed by atoms with van der Waals surface area (Å²) in [5.41, 5.74) is -1.23. The molecule has 0 spiro atoms. The van der Waals surface area contributed by atoms with Crippen LogP contribution in [-0.4, -0.2) is 72.8 Å². The second kappa shape index (κ2) is 11.9. The first-order chi connectivity index (χ1) is 23.1. The summed E-state index contributed by atoms with van der Waals surface area (Å²) >= 11 is 17.6. The van der Waals surface area contributed by atoms with Crippen molar-refractivity contribution in [1.82, 2.24) is 4.90 Å². The quantitative estimate of drug-likeness (QED) is 0.0964. The molecule has 2 aromatic rings. The van der Waals surface area contributed by atoms with Crippen LogP contribution in [0.25, 0.3) is 0 Å². The van der Waals surface area contributed by atoms with E-state index in [0.29, 0.717) is 16.0 Å². The van der Waals surface area contributed by atoms with Crippen LogP contribution in [0, 0.1) is 38.0 Å². The monoisotopic (exact) mass is 775 g/mol. The molecular formula is C32H28BrCl2N5O9. The van der Waals surface area contributed by atoms with Crippen molar-refractivity contribution in [3.8, 4) is 5.75 Å². The van der Waals surface area contributed by atoms with Crippen LogP contribution < -0.4 is 9.80 Å². The fraction of sp³-hybridized carbons (Fsp3) is 0.375. The number of benzene rings is 2. The van der Waals surface area contributed by atoms with E-state index in [0.717, 1.165) is 17.0 Å². The van der Waals surface area contributed by atoms with Crippen LogP contribution in [0.2, 0.25) is 0 Å². The van der Waals surface area contributed by atoms with Gasteiger partial charge in [-0.1, -0.05) is 51.9 Å². The minimum absolute atomic E-state index is 0.0340. The highest BCUT2D eigenvalue weighted by Crippen LogP contribution is 2.66. The van der Waals surface area contributed by atoms with E-state index >= 15 is 0 Å². The maximum atomic E-state index is 14.4. The lowest BCUT2D eigenvalue weighted by Gasteiger charge is -2.50. The number of imide groups is 2. The maximum Gasteiger partial charge on any atom is 0.301 e. The van der Waals surface area contributed by atoms with E-state index in [-0.39, 0.29) is 47.4 Å². The number of fused-ring (bicyclic) bond motifs is 4. The Morgan fingerprint density at radius 2 is 1.69 bits per heavy atom. The Bertz CT molecular complexity index is 1900. The molecule has 49 heavy (non-hydrogen) atoms. The average molecular weight is 777 g/mol. The highest BCUT2D eigenvalue weighted by molar-refractivity contribution is 9.09. The number of likely N-dealkylation sites (tertiary alicyclic amines) is 1. The Morgan fingerprint density at radius 1 is 1.06 bits per heavy atom. The zero-order chi connectivity index (χ0) is 35.9. The predicted octanol–water partition coefficient (Wildman–Crippen LogP) is 4.92. The van der Waals surface area contributed by atoms with Gasteiger partial charge in [-0.2, -0.15) is 0 Å². The van der Waals surface area contributed by atoms with Gasteiger partial charge in [0.25, 0.3) is 11.8 Å². The van der Waals surface area contributed by atoms with Gasteiger partial charge in [0, 0.05) is 37.7 Å². The van der Waals surface area contributed by atoms with Crippen LogP contribution in [0.5, 0.6) is 5.75 Å². The fourth-order valence-electron chi connectivity index (χ4n) is 7.97. The number of para-hydroxylation sites is 1. The largest absolute Gasteiger partial charge is 0.507 e. The van der Waals surface area contributed by atoms with Crippen molar-refractivity contribution in [2.75, 3.05) is 29.3 Å². The van der Waals surface area contributed by atoms with E-state index < -0.39 is 78.3 Å². The number of phenolic OH excluding ortho intramolecular Hbond substituents is 1. The summed E-state index contributed by atoms with van der Waals surface area (Å²) in [7, 11) is 2.77. The SMILES string of the molecule is C=CCc1cccc([C@H]2C3=CC[C@@H]4C(=O)N(c5cc([N+](=O)[O-])c(N(C)C)c([N+](=O)[O-])c5)C(=O)[C@@H]4[C@@H]3C[C@@]3(Cl)C(=O)N(CBr)C(=O)[C@@]23Cl)c1O. The molecule has 2 aliphatic heterocycles. The molecule has 1 N–H and O–H groups in total. The van der Waals surface area contributed by atoms with Crippen LogP contribution >= 0.6 is 39.1 Å². The summed E-state index contributed by atoms with van der Waals surface area (Å²) in [5.74, 6) is -7.79. The number of carbonyl (C=O) groups excluding carboxylic acids is 4. The average Bonchev–Trinajstić information content (AvgIpc) is 3.39. The van der Waals surface area contributed by atoms with Gasteiger partial charge >= 0.3 is 11.4 Å². The number of nitro groups is 2. The van der Waals surface area contributed by atoms with Gasteiger partial charge in [-0.15, -0.1) is 29.8 Å². The van der Waals surface area contributed by atoms with Crippen molar-refractivity contribution in [2.24, 2.45) is 17.8 Å². The van der Waals surface area contributed by atoms with Gasteiger partial charge in [-0.05, 0) is 30.7 Å². The molecule has 2 saturated heterocycles. The van der Waals surface area contributed by atoms with Crippen molar-refractivity contribution in [1.29, 1.82) is 0 Å². The van der Waals surface area contributed by atoms with Crippen molar-refractivity contribution < 1.29 is 34.1 Å². The van der Waals surface area contributed by atoms with Crippen molar-refractivity contribution >= 4 is 85.5 Å². The molecule has 3 fully saturated rings. The van der Waals surface area contributed by atoms with E-state index in [1.54, 1.807) is 30.4 Å². The van der Waals surface area contributed by atoms with E-state index in [4.69, 9.17) is 23.2 Å². The van der Waals surface area contributed by atoms with Gasteiger partial charge in [-0.3, -0.25) is 44.3 Å². The zero-order valence-electron chi connectivity index (χ0n) is 26.0. The molecule has 256 valence electrons. The summed E-state index contributed by atoms with van der Waals surface area (Å²) in [6.07, 6.45) is 3.13. The Labute approximate surface area is 297 Å². The third-order valence-electron chi connectivity index (χ3n) is 9.99. The lowest BCUT2D eigenvalue weighted by Crippen LogP contribution is -2.60. The van der Waals surface area contributed by atoms with Crippen LogP contribution in [0.4, 0.5) is 22.7 Å². The van der Waals surface area contributed by atoms with Crippen molar-refractivity contribution in [3.05, 3.63) is 86.0 Å². The number of nitrogens with zero attached hydrogens (tertiary/aromatic N) is 5. The Hall–Kier alpha value is -4.34. The van der Waals surface area contributed by atoms with E-state index in [9.17, 15) is 44.5 Å². The maximum absolute atomic E-state index is 14.4. The molecule has 2 heterocycles. The van der Waals surface area contributed by atoms with Crippen LogP contribution in [-0.2, 0) is 25.6 Å². The molecule has 1 saturated carbocycles. The third kappa shape index (κ3) is 4.65. The van der Waals surface area contributed by atoms with Crippen LogP contribution in [0.15, 0.2) is 54.6 Å². The molecule has 0 unspecified atom stereocenters. The van der Waals surface area contributed by atoms with Gasteiger partial charge in [0.05, 0.1) is 32.8 Å². The molecule has 0 radical (unpaired) electrons. The lowest BCUT2D eigenvalue weighted by atomic mass is 9.56. The Morgan fingerprint density at radius 3 is 2.24 bits per heavy atom. The normalized spacial score (nSPS) is 29.0. The summed E-state index contributed by atoms with van der Waals surface area (Å²) in [6.45, 7) is 3.72. The van der Waals surface area contributed by atoms with Gasteiger partial charge in [0.2, 0.25) is 11.8 Å². The van der Waals surface area contributed by atoms with Crippen molar-refractivity contribution in [2.45, 2.75) is 34.9 Å². The first-order valence-electron chi connectivity index (χ1n) is 15.0. The Balaban J connectivity index is 1.53. The highest BCUT2D eigenvalue weighted by Gasteiger charge is 2.76. The molecule has 0 bridgehead atoms. The molecule has 2 aromatic carbocycles. The molecule has 14 nitrogen and oxygen atoms in total. The van der Waals surface area contributed by atoms with Crippen LogP contribution in [0.1, 0.15) is 29.9 Å². The standard InChI is InChI=1S/C32H28BrCl2N5O9/c1-4-6-15-7-5-8-19(26(15)41)24-17-9-10-18-23(20(17)13-31(34)29(44)37(14-33)30(45)32(24,31)35)28(43)38(27(18)42)16-11-21(39(46)47)25(36(2)3)22(12-16)40(48)49/h4-5,7-9,11-12,18,20,23-24,41H,1,6,10,13-14H2,2-3H3/t18-,20+,23-,24+,31+,32-/m0/s1. The second-order valence-electron chi connectivity index (χ2n) is 12.6. The van der Waals surface area contributed by atoms with Gasteiger partial charge < -0.3 is 10.0 Å². The second-order valence-corrected chi connectivity index (χ2v) is 14.3.